The minimum Gasteiger partial charge on any atom is -0.494 e. The van der Waals surface area contributed by atoms with Crippen molar-refractivity contribution in [1.29, 1.82) is 0 Å². The fourth-order valence-corrected chi connectivity index (χ4v) is 4.02. The number of nitrogens with zero attached hydrogens (tertiary/aromatic N) is 1. The van der Waals surface area contributed by atoms with E-state index in [4.69, 9.17) is 4.74 Å². The Balaban J connectivity index is 1.51. The van der Waals surface area contributed by atoms with Crippen molar-refractivity contribution in [1.82, 2.24) is 5.32 Å². The van der Waals surface area contributed by atoms with Crippen LogP contribution in [-0.2, 0) is 4.79 Å². The lowest BCUT2D eigenvalue weighted by Gasteiger charge is -2.06. The van der Waals surface area contributed by atoms with Crippen molar-refractivity contribution in [2.45, 2.75) is 52.4 Å². The zero-order valence-corrected chi connectivity index (χ0v) is 18.6. The van der Waals surface area contributed by atoms with Gasteiger partial charge >= 0.3 is 0 Å². The average Bonchev–Trinajstić information content (AvgIpc) is 3.07. The van der Waals surface area contributed by atoms with Gasteiger partial charge in [-0.25, -0.2) is 4.99 Å². The van der Waals surface area contributed by atoms with Gasteiger partial charge in [0, 0.05) is 0 Å². The molecule has 0 saturated carbocycles. The molecule has 1 amide bonds. The van der Waals surface area contributed by atoms with E-state index in [-0.39, 0.29) is 5.91 Å². The summed E-state index contributed by atoms with van der Waals surface area (Å²) in [6.07, 6.45) is 9.42. The molecular formula is C25H30N2O2S. The Morgan fingerprint density at radius 1 is 1.03 bits per heavy atom. The predicted molar refractivity (Wildman–Crippen MR) is 127 cm³/mol. The van der Waals surface area contributed by atoms with Gasteiger partial charge in [0.2, 0.25) is 0 Å². The summed E-state index contributed by atoms with van der Waals surface area (Å²) >= 11 is 1.36. The molecule has 158 valence electrons. The third-order valence-corrected chi connectivity index (χ3v) is 5.74. The van der Waals surface area contributed by atoms with Crippen LogP contribution in [0.25, 0.3) is 6.08 Å². The Labute approximate surface area is 183 Å². The molecule has 2 aromatic rings. The number of amidine groups is 1. The average molecular weight is 423 g/mol. The molecule has 1 N–H and O–H groups in total. The number of thioether (sulfide) groups is 1. The zero-order chi connectivity index (χ0) is 21.2. The summed E-state index contributed by atoms with van der Waals surface area (Å²) in [5.74, 6) is 0.755. The lowest BCUT2D eigenvalue weighted by atomic mass is 10.1. The van der Waals surface area contributed by atoms with Crippen LogP contribution >= 0.6 is 11.8 Å². The Morgan fingerprint density at radius 3 is 2.57 bits per heavy atom. The molecule has 4 nitrogen and oxygen atoms in total. The summed E-state index contributed by atoms with van der Waals surface area (Å²) < 4.78 is 5.83. The highest BCUT2D eigenvalue weighted by atomic mass is 32.2. The highest BCUT2D eigenvalue weighted by Gasteiger charge is 2.23. The van der Waals surface area contributed by atoms with E-state index < -0.39 is 0 Å². The van der Waals surface area contributed by atoms with E-state index in [0.29, 0.717) is 10.1 Å². The van der Waals surface area contributed by atoms with Crippen LogP contribution in [0.15, 0.2) is 58.4 Å². The third kappa shape index (κ3) is 7.06. The molecule has 1 saturated heterocycles. The Kier molecular flexibility index (Phi) is 8.57. The summed E-state index contributed by atoms with van der Waals surface area (Å²) in [6, 6.07) is 15.8. The van der Waals surface area contributed by atoms with E-state index in [2.05, 4.69) is 17.2 Å². The number of unbranched alkanes of at least 4 members (excludes halogenated alkanes) is 5. The van der Waals surface area contributed by atoms with E-state index in [1.165, 1.54) is 43.9 Å². The van der Waals surface area contributed by atoms with Crippen LogP contribution in [0.1, 0.15) is 56.6 Å². The number of hydrogen-bond donors (Lipinski definition) is 1. The standard InChI is InChI=1S/C25H30N2O2S/c1-3-4-5-6-7-8-16-29-22-14-12-20(13-15-22)18-23-24(28)27-25(30-23)26-21-11-9-10-19(2)17-21/h9-15,17-18H,3-8,16H2,1-2H3,(H,26,27,28)/b23-18-. The number of benzene rings is 2. The molecule has 0 bridgehead atoms. The van der Waals surface area contributed by atoms with Crippen LogP contribution in [0.5, 0.6) is 5.75 Å². The van der Waals surface area contributed by atoms with Crippen LogP contribution in [-0.4, -0.2) is 17.7 Å². The molecule has 1 heterocycles. The van der Waals surface area contributed by atoms with Gasteiger partial charge in [0.1, 0.15) is 5.75 Å². The van der Waals surface area contributed by atoms with Gasteiger partial charge in [-0.1, -0.05) is 63.3 Å². The second-order valence-electron chi connectivity index (χ2n) is 7.51. The summed E-state index contributed by atoms with van der Waals surface area (Å²) in [4.78, 5) is 17.4. The molecule has 1 aliphatic heterocycles. The summed E-state index contributed by atoms with van der Waals surface area (Å²) in [5.41, 5.74) is 2.95. The minimum absolute atomic E-state index is 0.116. The topological polar surface area (TPSA) is 50.7 Å². The Bertz CT molecular complexity index is 904. The Hall–Kier alpha value is -2.53. The molecule has 1 aliphatic rings. The van der Waals surface area contributed by atoms with Gasteiger partial charge in [0.05, 0.1) is 17.2 Å². The van der Waals surface area contributed by atoms with E-state index in [1.54, 1.807) is 0 Å². The quantitative estimate of drug-likeness (QED) is 0.345. The minimum atomic E-state index is -0.116. The predicted octanol–water partition coefficient (Wildman–Crippen LogP) is 6.63. The number of amides is 1. The zero-order valence-electron chi connectivity index (χ0n) is 17.8. The second kappa shape index (κ2) is 11.6. The highest BCUT2D eigenvalue weighted by molar-refractivity contribution is 8.18. The summed E-state index contributed by atoms with van der Waals surface area (Å²) in [5, 5.41) is 3.44. The van der Waals surface area contributed by atoms with Crippen LogP contribution in [0.4, 0.5) is 5.69 Å². The van der Waals surface area contributed by atoms with Crippen molar-refractivity contribution < 1.29 is 9.53 Å². The summed E-state index contributed by atoms with van der Waals surface area (Å²) in [6.45, 7) is 5.01. The van der Waals surface area contributed by atoms with Gasteiger partial charge in [-0.3, -0.25) is 4.79 Å². The first kappa shape index (κ1) is 22.2. The van der Waals surface area contributed by atoms with Crippen molar-refractivity contribution in [2.24, 2.45) is 4.99 Å². The van der Waals surface area contributed by atoms with Crippen molar-refractivity contribution in [3.63, 3.8) is 0 Å². The van der Waals surface area contributed by atoms with Crippen LogP contribution in [0.2, 0.25) is 0 Å². The molecule has 0 atom stereocenters. The van der Waals surface area contributed by atoms with Crippen molar-refractivity contribution in [3.8, 4) is 5.75 Å². The molecule has 2 aromatic carbocycles. The van der Waals surface area contributed by atoms with Crippen LogP contribution in [0, 0.1) is 6.92 Å². The van der Waals surface area contributed by atoms with Crippen LogP contribution < -0.4 is 10.1 Å². The first-order valence-electron chi connectivity index (χ1n) is 10.7. The number of aliphatic imine (C=N–C) groups is 1. The lowest BCUT2D eigenvalue weighted by molar-refractivity contribution is -0.115. The fourth-order valence-electron chi connectivity index (χ4n) is 3.18. The maximum atomic E-state index is 12.3. The molecular weight excluding hydrogens is 392 g/mol. The molecule has 3 rings (SSSR count). The van der Waals surface area contributed by atoms with Crippen LogP contribution in [0.3, 0.4) is 0 Å². The van der Waals surface area contributed by atoms with Crippen molar-refractivity contribution in [3.05, 3.63) is 64.6 Å². The van der Waals surface area contributed by atoms with E-state index >= 15 is 0 Å². The van der Waals surface area contributed by atoms with E-state index in [1.807, 2.05) is 61.5 Å². The number of ether oxygens (including phenoxy) is 1. The van der Waals surface area contributed by atoms with Gasteiger partial charge in [-0.2, -0.15) is 0 Å². The third-order valence-electron chi connectivity index (χ3n) is 4.83. The monoisotopic (exact) mass is 422 g/mol. The molecule has 0 unspecified atom stereocenters. The van der Waals surface area contributed by atoms with Crippen molar-refractivity contribution >= 4 is 34.6 Å². The maximum absolute atomic E-state index is 12.3. The molecule has 5 heteroatoms. The van der Waals surface area contributed by atoms with Gasteiger partial charge in [0.15, 0.2) is 5.17 Å². The smallest absolute Gasteiger partial charge is 0.264 e. The molecule has 0 aliphatic carbocycles. The summed E-state index contributed by atoms with van der Waals surface area (Å²) in [7, 11) is 0. The number of nitrogens with one attached hydrogen (secondary N) is 1. The maximum Gasteiger partial charge on any atom is 0.264 e. The number of aryl methyl sites for hydroxylation is 1. The molecule has 0 radical (unpaired) electrons. The number of carbonyl (C=O) groups is 1. The normalized spacial score (nSPS) is 16.3. The molecule has 0 aromatic heterocycles. The number of rotatable bonds is 10. The van der Waals surface area contributed by atoms with Gasteiger partial charge < -0.3 is 10.1 Å². The van der Waals surface area contributed by atoms with Crippen molar-refractivity contribution in [2.75, 3.05) is 6.61 Å². The first-order valence-corrected chi connectivity index (χ1v) is 11.5. The van der Waals surface area contributed by atoms with Gasteiger partial charge in [-0.05, 0) is 66.6 Å². The van der Waals surface area contributed by atoms with Gasteiger partial charge in [0.25, 0.3) is 5.91 Å². The first-order chi connectivity index (χ1) is 14.6. The molecule has 1 fully saturated rings. The molecule has 30 heavy (non-hydrogen) atoms. The fraction of sp³-hybridized carbons (Fsp3) is 0.360. The number of hydrogen-bond acceptors (Lipinski definition) is 4. The van der Waals surface area contributed by atoms with E-state index in [9.17, 15) is 4.79 Å². The highest BCUT2D eigenvalue weighted by Crippen LogP contribution is 2.28. The number of carbonyl (C=O) groups excluding carboxylic acids is 1. The SMILES string of the molecule is CCCCCCCCOc1ccc(/C=C2\SC(=Nc3cccc(C)c3)NC2=O)cc1. The largest absolute Gasteiger partial charge is 0.494 e. The van der Waals surface area contributed by atoms with E-state index in [0.717, 1.165) is 35.6 Å². The second-order valence-corrected chi connectivity index (χ2v) is 8.54. The Morgan fingerprint density at radius 2 is 1.80 bits per heavy atom. The molecule has 0 spiro atoms. The lowest BCUT2D eigenvalue weighted by Crippen LogP contribution is -2.19. The van der Waals surface area contributed by atoms with Gasteiger partial charge in [-0.15, -0.1) is 0 Å².